The molecule has 0 aliphatic rings. The summed E-state index contributed by atoms with van der Waals surface area (Å²) in [6, 6.07) is 8.52. The summed E-state index contributed by atoms with van der Waals surface area (Å²) in [6.45, 7) is 2.65. The van der Waals surface area contributed by atoms with Gasteiger partial charge in [-0.3, -0.25) is 0 Å². The van der Waals surface area contributed by atoms with Crippen molar-refractivity contribution in [2.45, 2.75) is 26.3 Å². The van der Waals surface area contributed by atoms with Crippen LogP contribution < -0.4 is 5.73 Å². The Hall–Kier alpha value is -1.26. The fourth-order valence-electron chi connectivity index (χ4n) is 1.56. The minimum absolute atomic E-state index is 0.464. The Kier molecular flexibility index (Phi) is 3.64. The first-order valence-corrected chi connectivity index (χ1v) is 6.27. The molecule has 0 aliphatic carbocycles. The largest absolute Gasteiger partial charge is 0.324 e. The average Bonchev–Trinajstić information content (AvgIpc) is 2.79. The quantitative estimate of drug-likeness (QED) is 0.883. The number of nitrogens with two attached hydrogens (primary N) is 1. The molecule has 2 N–H and O–H groups in total. The van der Waals surface area contributed by atoms with E-state index < -0.39 is 0 Å². The summed E-state index contributed by atoms with van der Waals surface area (Å²) < 4.78 is 0. The Morgan fingerprint density at radius 3 is 2.50 bits per heavy atom. The maximum atomic E-state index is 5.51. The second kappa shape index (κ2) is 5.18. The number of aryl methyl sites for hydroxylation is 1. The number of benzene rings is 1. The smallest absolute Gasteiger partial charge is 0.147 e. The molecule has 2 rings (SSSR count). The van der Waals surface area contributed by atoms with E-state index >= 15 is 0 Å². The summed E-state index contributed by atoms with van der Waals surface area (Å²) >= 11 is 1.56. The van der Waals surface area contributed by atoms with E-state index in [4.69, 9.17) is 5.73 Å². The van der Waals surface area contributed by atoms with Gasteiger partial charge in [-0.05, 0) is 12.0 Å². The second-order valence-corrected chi connectivity index (χ2v) is 4.71. The summed E-state index contributed by atoms with van der Waals surface area (Å²) in [7, 11) is 0. The Balaban J connectivity index is 2.20. The Bertz CT molecular complexity index is 448. The van der Waals surface area contributed by atoms with Crippen molar-refractivity contribution >= 4 is 11.3 Å². The molecule has 1 aromatic carbocycles. The molecular formula is C12H15N3S. The van der Waals surface area contributed by atoms with Crippen LogP contribution in [0.5, 0.6) is 0 Å². The predicted octanol–water partition coefficient (Wildman–Crippen LogP) is 2.62. The van der Waals surface area contributed by atoms with Crippen molar-refractivity contribution in [1.82, 2.24) is 10.2 Å². The molecular weight excluding hydrogens is 218 g/mol. The van der Waals surface area contributed by atoms with E-state index in [-0.39, 0.29) is 0 Å². The minimum Gasteiger partial charge on any atom is -0.324 e. The van der Waals surface area contributed by atoms with Gasteiger partial charge in [0.1, 0.15) is 10.0 Å². The maximum Gasteiger partial charge on any atom is 0.147 e. The number of hydrogen-bond acceptors (Lipinski definition) is 4. The third-order valence-corrected chi connectivity index (χ3v) is 3.38. The van der Waals surface area contributed by atoms with Gasteiger partial charge in [0.2, 0.25) is 0 Å². The molecule has 0 amide bonds. The van der Waals surface area contributed by atoms with Crippen LogP contribution in [-0.2, 0) is 13.0 Å². The van der Waals surface area contributed by atoms with E-state index in [2.05, 4.69) is 41.4 Å². The fraction of sp³-hybridized carbons (Fsp3) is 0.333. The van der Waals surface area contributed by atoms with Gasteiger partial charge in [-0.15, -0.1) is 10.2 Å². The summed E-state index contributed by atoms with van der Waals surface area (Å²) in [5.41, 5.74) is 8.01. The lowest BCUT2D eigenvalue weighted by Gasteiger charge is -1.99. The van der Waals surface area contributed by atoms with Crippen molar-refractivity contribution in [3.8, 4) is 10.6 Å². The van der Waals surface area contributed by atoms with Gasteiger partial charge in [0.25, 0.3) is 0 Å². The van der Waals surface area contributed by atoms with Gasteiger partial charge in [-0.25, -0.2) is 0 Å². The lowest BCUT2D eigenvalue weighted by atomic mass is 10.1. The highest BCUT2D eigenvalue weighted by atomic mass is 32.1. The Morgan fingerprint density at radius 1 is 1.19 bits per heavy atom. The first kappa shape index (κ1) is 11.2. The van der Waals surface area contributed by atoms with E-state index in [0.717, 1.165) is 22.0 Å². The first-order valence-electron chi connectivity index (χ1n) is 5.45. The van der Waals surface area contributed by atoms with Gasteiger partial charge < -0.3 is 5.73 Å². The second-order valence-electron chi connectivity index (χ2n) is 3.65. The Labute approximate surface area is 99.3 Å². The van der Waals surface area contributed by atoms with Crippen LogP contribution in [0.1, 0.15) is 23.9 Å². The van der Waals surface area contributed by atoms with E-state index in [1.807, 2.05) is 0 Å². The zero-order valence-electron chi connectivity index (χ0n) is 9.31. The van der Waals surface area contributed by atoms with Crippen LogP contribution in [0.25, 0.3) is 10.6 Å². The number of nitrogens with zero attached hydrogens (tertiary/aromatic N) is 2. The van der Waals surface area contributed by atoms with Crippen molar-refractivity contribution in [1.29, 1.82) is 0 Å². The third kappa shape index (κ3) is 2.46. The van der Waals surface area contributed by atoms with E-state index in [9.17, 15) is 0 Å². The molecule has 1 heterocycles. The van der Waals surface area contributed by atoms with Crippen molar-refractivity contribution in [3.63, 3.8) is 0 Å². The van der Waals surface area contributed by atoms with Gasteiger partial charge in [0.15, 0.2) is 0 Å². The van der Waals surface area contributed by atoms with Crippen molar-refractivity contribution in [2.75, 3.05) is 0 Å². The first-order chi connectivity index (χ1) is 7.83. The molecule has 0 saturated heterocycles. The molecule has 2 aromatic rings. The van der Waals surface area contributed by atoms with Gasteiger partial charge in [-0.2, -0.15) is 0 Å². The van der Waals surface area contributed by atoms with Crippen molar-refractivity contribution < 1.29 is 0 Å². The van der Waals surface area contributed by atoms with E-state index in [1.165, 1.54) is 12.0 Å². The molecule has 3 nitrogen and oxygen atoms in total. The van der Waals surface area contributed by atoms with Gasteiger partial charge >= 0.3 is 0 Å². The highest BCUT2D eigenvalue weighted by molar-refractivity contribution is 7.14. The summed E-state index contributed by atoms with van der Waals surface area (Å²) in [4.78, 5) is 0. The molecule has 16 heavy (non-hydrogen) atoms. The van der Waals surface area contributed by atoms with Crippen LogP contribution in [0.15, 0.2) is 24.3 Å². The van der Waals surface area contributed by atoms with E-state index in [0.29, 0.717) is 6.54 Å². The molecule has 1 aromatic heterocycles. The van der Waals surface area contributed by atoms with Crippen LogP contribution in [-0.4, -0.2) is 10.2 Å². The molecule has 0 atom stereocenters. The topological polar surface area (TPSA) is 51.8 Å². The molecule has 0 bridgehead atoms. The van der Waals surface area contributed by atoms with Crippen LogP contribution in [0.2, 0.25) is 0 Å². The molecule has 0 aliphatic heterocycles. The lowest BCUT2D eigenvalue weighted by molar-refractivity contribution is 0.922. The van der Waals surface area contributed by atoms with Gasteiger partial charge in [0, 0.05) is 12.1 Å². The van der Waals surface area contributed by atoms with Gasteiger partial charge in [-0.1, -0.05) is 48.9 Å². The molecule has 4 heteroatoms. The zero-order valence-corrected chi connectivity index (χ0v) is 10.1. The monoisotopic (exact) mass is 233 g/mol. The highest BCUT2D eigenvalue weighted by Gasteiger charge is 2.04. The average molecular weight is 233 g/mol. The summed E-state index contributed by atoms with van der Waals surface area (Å²) in [5.74, 6) is 0. The lowest BCUT2D eigenvalue weighted by Crippen LogP contribution is -1.94. The number of aromatic nitrogens is 2. The molecule has 0 spiro atoms. The fourth-order valence-corrected chi connectivity index (χ4v) is 2.28. The van der Waals surface area contributed by atoms with Crippen LogP contribution >= 0.6 is 11.3 Å². The zero-order chi connectivity index (χ0) is 11.4. The molecule has 0 unspecified atom stereocenters. The minimum atomic E-state index is 0.464. The van der Waals surface area contributed by atoms with Crippen molar-refractivity contribution in [2.24, 2.45) is 5.73 Å². The molecule has 0 fully saturated rings. The van der Waals surface area contributed by atoms with Crippen LogP contribution in [0.4, 0.5) is 0 Å². The molecule has 0 radical (unpaired) electrons. The summed E-state index contributed by atoms with van der Waals surface area (Å²) in [6.07, 6.45) is 2.31. The number of rotatable bonds is 4. The maximum absolute atomic E-state index is 5.51. The standard InChI is InChI=1S/C12H15N3S/c1-2-3-9-4-6-10(7-5-9)12-15-14-11(8-13)16-12/h4-7H,2-3,8,13H2,1H3. The van der Waals surface area contributed by atoms with E-state index in [1.54, 1.807) is 11.3 Å². The van der Waals surface area contributed by atoms with Crippen LogP contribution in [0.3, 0.4) is 0 Å². The van der Waals surface area contributed by atoms with Crippen molar-refractivity contribution in [3.05, 3.63) is 34.8 Å². The Morgan fingerprint density at radius 2 is 1.94 bits per heavy atom. The van der Waals surface area contributed by atoms with Gasteiger partial charge in [0.05, 0.1) is 0 Å². The predicted molar refractivity (Wildman–Crippen MR) is 67.2 cm³/mol. The normalized spacial score (nSPS) is 10.6. The molecule has 0 saturated carbocycles. The third-order valence-electron chi connectivity index (χ3n) is 2.38. The molecule has 84 valence electrons. The highest BCUT2D eigenvalue weighted by Crippen LogP contribution is 2.23. The van der Waals surface area contributed by atoms with Crippen LogP contribution in [0, 0.1) is 0 Å². The SMILES string of the molecule is CCCc1ccc(-c2nnc(CN)s2)cc1. The summed E-state index contributed by atoms with van der Waals surface area (Å²) in [5, 5.41) is 9.96. The number of hydrogen-bond donors (Lipinski definition) is 1.